The molecule has 2 N–H and O–H groups in total. The highest BCUT2D eigenvalue weighted by Crippen LogP contribution is 2.38. The fourth-order valence-corrected chi connectivity index (χ4v) is 4.05. The van der Waals surface area contributed by atoms with E-state index in [2.05, 4.69) is 10.9 Å². The van der Waals surface area contributed by atoms with E-state index in [4.69, 9.17) is 14.2 Å². The first-order chi connectivity index (χ1) is 15.6. The minimum absolute atomic E-state index is 0.242. The summed E-state index contributed by atoms with van der Waals surface area (Å²) in [6, 6.07) is 22.0. The monoisotopic (exact) mass is 452 g/mol. The minimum Gasteiger partial charge on any atom is -0.493 e. The molecule has 0 aliphatic heterocycles. The van der Waals surface area contributed by atoms with E-state index in [0.717, 1.165) is 10.5 Å². The summed E-state index contributed by atoms with van der Waals surface area (Å²) in [5.74, 6) is 0.175. The highest BCUT2D eigenvalue weighted by Gasteiger charge is 2.23. The molecule has 1 atom stereocenters. The average molecular weight is 453 g/mol. The molecule has 8 heteroatoms. The molecule has 7 nitrogen and oxygen atoms in total. The van der Waals surface area contributed by atoms with Crippen LogP contribution in [0.2, 0.25) is 0 Å². The fourth-order valence-electron chi connectivity index (χ4n) is 3.00. The van der Waals surface area contributed by atoms with E-state index in [9.17, 15) is 9.59 Å². The average Bonchev–Trinajstić information content (AvgIpc) is 2.85. The molecule has 166 valence electrons. The zero-order chi connectivity index (χ0) is 22.9. The standard InChI is InChI=1S/C24H24N2O5S/c1-29-19-14-17(15-20(30-2)21(19)31-3)23(27)25-26-24(28)22(16-10-6-4-7-11-16)32-18-12-8-5-9-13-18/h4-15,22H,1-3H3,(H,25,27)(H,26,28)/t22-/m0/s1. The number of ether oxygens (including phenoxy) is 3. The second-order valence-corrected chi connectivity index (χ2v) is 7.76. The summed E-state index contributed by atoms with van der Waals surface area (Å²) in [6.45, 7) is 0. The minimum atomic E-state index is -0.557. The largest absolute Gasteiger partial charge is 0.493 e. The first-order valence-corrected chi connectivity index (χ1v) is 10.6. The van der Waals surface area contributed by atoms with Crippen LogP contribution in [0.4, 0.5) is 0 Å². The number of methoxy groups -OCH3 is 3. The topological polar surface area (TPSA) is 85.9 Å². The Labute approximate surface area is 191 Å². The van der Waals surface area contributed by atoms with Gasteiger partial charge in [0.15, 0.2) is 11.5 Å². The Morgan fingerprint density at radius 1 is 0.781 bits per heavy atom. The van der Waals surface area contributed by atoms with Crippen molar-refractivity contribution in [2.75, 3.05) is 21.3 Å². The number of hydrogen-bond acceptors (Lipinski definition) is 6. The van der Waals surface area contributed by atoms with Crippen LogP contribution in [0.1, 0.15) is 21.2 Å². The van der Waals surface area contributed by atoms with Crippen LogP contribution in [-0.4, -0.2) is 33.1 Å². The van der Waals surface area contributed by atoms with Gasteiger partial charge >= 0.3 is 0 Å². The van der Waals surface area contributed by atoms with E-state index in [1.165, 1.54) is 45.2 Å². The van der Waals surface area contributed by atoms with Gasteiger partial charge in [-0.3, -0.25) is 20.4 Å². The number of benzene rings is 3. The van der Waals surface area contributed by atoms with Crippen molar-refractivity contribution in [2.45, 2.75) is 10.1 Å². The number of thioether (sulfide) groups is 1. The molecule has 0 heterocycles. The number of hydrazine groups is 1. The van der Waals surface area contributed by atoms with Gasteiger partial charge in [-0.15, -0.1) is 11.8 Å². The van der Waals surface area contributed by atoms with Crippen molar-refractivity contribution in [2.24, 2.45) is 0 Å². The molecule has 2 amide bonds. The Morgan fingerprint density at radius 3 is 1.88 bits per heavy atom. The molecule has 3 aromatic rings. The maximum atomic E-state index is 13.0. The van der Waals surface area contributed by atoms with E-state index < -0.39 is 11.2 Å². The summed E-state index contributed by atoms with van der Waals surface area (Å²) in [5.41, 5.74) is 6.06. The third-order valence-electron chi connectivity index (χ3n) is 4.56. The van der Waals surface area contributed by atoms with Crippen LogP contribution in [-0.2, 0) is 4.79 Å². The van der Waals surface area contributed by atoms with Crippen molar-refractivity contribution in [3.63, 3.8) is 0 Å². The molecule has 32 heavy (non-hydrogen) atoms. The van der Waals surface area contributed by atoms with Crippen LogP contribution in [0.3, 0.4) is 0 Å². The highest BCUT2D eigenvalue weighted by molar-refractivity contribution is 8.00. The number of rotatable bonds is 8. The number of amides is 2. The van der Waals surface area contributed by atoms with Gasteiger partial charge in [0, 0.05) is 10.5 Å². The van der Waals surface area contributed by atoms with Gasteiger partial charge in [0.05, 0.1) is 21.3 Å². The third kappa shape index (κ3) is 5.53. The summed E-state index contributed by atoms with van der Waals surface area (Å²) >= 11 is 1.39. The molecule has 0 saturated heterocycles. The predicted octanol–water partition coefficient (Wildman–Crippen LogP) is 4.01. The first-order valence-electron chi connectivity index (χ1n) is 9.74. The lowest BCUT2D eigenvalue weighted by Gasteiger charge is -2.18. The zero-order valence-corrected chi connectivity index (χ0v) is 18.8. The molecule has 0 fully saturated rings. The summed E-state index contributed by atoms with van der Waals surface area (Å²) in [6.07, 6.45) is 0. The van der Waals surface area contributed by atoms with Gasteiger partial charge in [0.1, 0.15) is 5.25 Å². The normalized spacial score (nSPS) is 11.2. The number of hydrogen-bond donors (Lipinski definition) is 2. The lowest BCUT2D eigenvalue weighted by molar-refractivity contribution is -0.121. The van der Waals surface area contributed by atoms with Crippen molar-refractivity contribution >= 4 is 23.6 Å². The summed E-state index contributed by atoms with van der Waals surface area (Å²) < 4.78 is 15.8. The molecular weight excluding hydrogens is 428 g/mol. The van der Waals surface area contributed by atoms with Gasteiger partial charge in [-0.05, 0) is 29.8 Å². The Morgan fingerprint density at radius 2 is 1.34 bits per heavy atom. The Bertz CT molecular complexity index is 1040. The van der Waals surface area contributed by atoms with Crippen molar-refractivity contribution in [1.29, 1.82) is 0 Å². The zero-order valence-electron chi connectivity index (χ0n) is 18.0. The summed E-state index contributed by atoms with van der Waals surface area (Å²) in [7, 11) is 4.41. The summed E-state index contributed by atoms with van der Waals surface area (Å²) in [5, 5.41) is -0.557. The van der Waals surface area contributed by atoms with E-state index in [-0.39, 0.29) is 11.5 Å². The predicted molar refractivity (Wildman–Crippen MR) is 123 cm³/mol. The van der Waals surface area contributed by atoms with Crippen molar-refractivity contribution in [3.8, 4) is 17.2 Å². The SMILES string of the molecule is COc1cc(C(=O)NNC(=O)[C@@H](Sc2ccccc2)c2ccccc2)cc(OC)c1OC. The van der Waals surface area contributed by atoms with Gasteiger partial charge in [0.2, 0.25) is 5.75 Å². The van der Waals surface area contributed by atoms with Crippen LogP contribution in [0.5, 0.6) is 17.2 Å². The van der Waals surface area contributed by atoms with Crippen LogP contribution in [0, 0.1) is 0 Å². The maximum Gasteiger partial charge on any atom is 0.269 e. The number of carbonyl (C=O) groups is 2. The van der Waals surface area contributed by atoms with Crippen molar-refractivity contribution in [3.05, 3.63) is 83.9 Å². The molecular formula is C24H24N2O5S. The van der Waals surface area contributed by atoms with Gasteiger partial charge in [0.25, 0.3) is 11.8 Å². The van der Waals surface area contributed by atoms with Gasteiger partial charge < -0.3 is 14.2 Å². The van der Waals surface area contributed by atoms with Gasteiger partial charge in [-0.1, -0.05) is 48.5 Å². The number of carbonyl (C=O) groups excluding carboxylic acids is 2. The Hall–Kier alpha value is -3.65. The molecule has 0 aliphatic carbocycles. The van der Waals surface area contributed by atoms with E-state index in [0.29, 0.717) is 17.2 Å². The van der Waals surface area contributed by atoms with Crippen LogP contribution < -0.4 is 25.1 Å². The molecule has 3 rings (SSSR count). The Balaban J connectivity index is 1.76. The maximum absolute atomic E-state index is 13.0. The Kier molecular flexibility index (Phi) is 7.99. The van der Waals surface area contributed by atoms with E-state index in [1.54, 1.807) is 0 Å². The molecule has 0 aromatic heterocycles. The molecule has 3 aromatic carbocycles. The van der Waals surface area contributed by atoms with Crippen LogP contribution in [0.25, 0.3) is 0 Å². The van der Waals surface area contributed by atoms with Crippen molar-refractivity contribution in [1.82, 2.24) is 10.9 Å². The fraction of sp³-hybridized carbons (Fsp3) is 0.167. The molecule has 0 bridgehead atoms. The highest BCUT2D eigenvalue weighted by atomic mass is 32.2. The van der Waals surface area contributed by atoms with E-state index in [1.807, 2.05) is 60.7 Å². The lowest BCUT2D eigenvalue weighted by atomic mass is 10.1. The van der Waals surface area contributed by atoms with Gasteiger partial charge in [-0.25, -0.2) is 0 Å². The van der Waals surface area contributed by atoms with E-state index >= 15 is 0 Å². The quantitative estimate of drug-likeness (QED) is 0.397. The first kappa shape index (κ1) is 23.0. The third-order valence-corrected chi connectivity index (χ3v) is 5.83. The summed E-state index contributed by atoms with van der Waals surface area (Å²) in [4.78, 5) is 26.7. The molecule has 0 radical (unpaired) electrons. The molecule has 0 spiro atoms. The second-order valence-electron chi connectivity index (χ2n) is 6.58. The van der Waals surface area contributed by atoms with Crippen LogP contribution in [0.15, 0.2) is 77.7 Å². The lowest BCUT2D eigenvalue weighted by Crippen LogP contribution is -2.43. The molecule has 0 aliphatic rings. The van der Waals surface area contributed by atoms with Gasteiger partial charge in [-0.2, -0.15) is 0 Å². The molecule has 0 saturated carbocycles. The smallest absolute Gasteiger partial charge is 0.269 e. The molecule has 0 unspecified atom stereocenters. The number of nitrogens with one attached hydrogen (secondary N) is 2. The van der Waals surface area contributed by atoms with Crippen LogP contribution >= 0.6 is 11.8 Å². The second kappa shape index (κ2) is 11.1. The van der Waals surface area contributed by atoms with Crippen molar-refractivity contribution < 1.29 is 23.8 Å².